The molecule has 1 aromatic rings. The smallest absolute Gasteiger partial charge is 0.337 e. The highest BCUT2D eigenvalue weighted by atomic mass is 19.1. The van der Waals surface area contributed by atoms with E-state index in [-0.39, 0.29) is 11.3 Å². The second-order valence-electron chi connectivity index (χ2n) is 2.29. The number of halogens is 1. The van der Waals surface area contributed by atoms with E-state index in [9.17, 15) is 14.1 Å². The summed E-state index contributed by atoms with van der Waals surface area (Å²) in [6.07, 6.45) is 0. The van der Waals surface area contributed by atoms with E-state index in [1.807, 2.05) is 0 Å². The molecular weight excluding hydrogens is 177 g/mol. The van der Waals surface area contributed by atoms with Crippen molar-refractivity contribution < 1.29 is 19.1 Å². The molecule has 0 heterocycles. The second-order valence-corrected chi connectivity index (χ2v) is 2.29. The number of ether oxygens (including phenoxy) is 1. The molecule has 0 amide bonds. The molecule has 68 valence electrons. The first-order valence-electron chi connectivity index (χ1n) is 3.45. The molecule has 0 atom stereocenters. The molecule has 0 aliphatic heterocycles. The molecule has 0 unspecified atom stereocenters. The summed E-state index contributed by atoms with van der Waals surface area (Å²) in [6.45, 7) is 0. The van der Waals surface area contributed by atoms with E-state index in [1.165, 1.54) is 24.4 Å². The van der Waals surface area contributed by atoms with Crippen molar-refractivity contribution in [2.75, 3.05) is 7.11 Å². The standard InChI is InChI=1S/C8H6FNO3/c1-13-8(11)5-2-3-7(10-12)6(9)4-5/h2-4H,1H3/p+1. The van der Waals surface area contributed by atoms with Crippen LogP contribution in [-0.2, 0) is 4.74 Å². The zero-order valence-corrected chi connectivity index (χ0v) is 6.83. The molecule has 0 radical (unpaired) electrons. The van der Waals surface area contributed by atoms with Gasteiger partial charge < -0.3 is 4.74 Å². The van der Waals surface area contributed by atoms with Crippen LogP contribution in [0.1, 0.15) is 10.4 Å². The van der Waals surface area contributed by atoms with Gasteiger partial charge in [0.25, 0.3) is 5.69 Å². The summed E-state index contributed by atoms with van der Waals surface area (Å²) in [4.78, 5) is 21.0. The Morgan fingerprint density at radius 1 is 1.54 bits per heavy atom. The molecule has 0 fully saturated rings. The van der Waals surface area contributed by atoms with Crippen LogP contribution in [0.5, 0.6) is 0 Å². The van der Waals surface area contributed by atoms with Crippen molar-refractivity contribution in [3.63, 3.8) is 0 Å². The van der Waals surface area contributed by atoms with Gasteiger partial charge in [0.15, 0.2) is 5.82 Å². The number of esters is 1. The highest BCUT2D eigenvalue weighted by Gasteiger charge is 2.12. The molecule has 0 spiro atoms. The third-order valence-corrected chi connectivity index (χ3v) is 1.50. The molecule has 0 saturated carbocycles. The first kappa shape index (κ1) is 9.31. The average molecular weight is 184 g/mol. The van der Waals surface area contributed by atoms with Gasteiger partial charge in [-0.1, -0.05) is 0 Å². The van der Waals surface area contributed by atoms with E-state index in [2.05, 4.69) is 4.74 Å². The fourth-order valence-electron chi connectivity index (χ4n) is 0.843. The number of carbonyl (C=O) groups excluding carboxylic acids is 1. The van der Waals surface area contributed by atoms with E-state index < -0.39 is 11.8 Å². The lowest BCUT2D eigenvalue weighted by Crippen LogP contribution is -2.56. The van der Waals surface area contributed by atoms with Gasteiger partial charge in [0, 0.05) is 16.2 Å². The SMILES string of the molecule is COC(=O)c1ccc([NH+]=O)c(F)c1. The van der Waals surface area contributed by atoms with Gasteiger partial charge in [-0.3, -0.25) is 0 Å². The van der Waals surface area contributed by atoms with Crippen LogP contribution in [-0.4, -0.2) is 13.1 Å². The Balaban J connectivity index is 3.09. The summed E-state index contributed by atoms with van der Waals surface area (Å²) in [6, 6.07) is 3.41. The maximum Gasteiger partial charge on any atom is 0.337 e. The van der Waals surface area contributed by atoms with Crippen LogP contribution in [0.2, 0.25) is 0 Å². The monoisotopic (exact) mass is 184 g/mol. The molecule has 4 nitrogen and oxygen atoms in total. The van der Waals surface area contributed by atoms with Crippen LogP contribution >= 0.6 is 0 Å². The van der Waals surface area contributed by atoms with Crippen molar-refractivity contribution in [2.24, 2.45) is 0 Å². The van der Waals surface area contributed by atoms with Gasteiger partial charge in [-0.25, -0.2) is 4.79 Å². The minimum absolute atomic E-state index is 0.0685. The number of carbonyl (C=O) groups is 1. The molecule has 0 aromatic heterocycles. The zero-order chi connectivity index (χ0) is 9.84. The maximum atomic E-state index is 12.9. The number of nitrogens with one attached hydrogen (secondary N) is 1. The lowest BCUT2D eigenvalue weighted by Gasteiger charge is -1.97. The highest BCUT2D eigenvalue weighted by molar-refractivity contribution is 5.89. The summed E-state index contributed by atoms with van der Waals surface area (Å²) in [7, 11) is 1.19. The van der Waals surface area contributed by atoms with E-state index in [0.717, 1.165) is 6.07 Å². The quantitative estimate of drug-likeness (QED) is 0.663. The van der Waals surface area contributed by atoms with Gasteiger partial charge in [0.1, 0.15) is 0 Å². The maximum absolute atomic E-state index is 12.9. The Labute approximate surface area is 73.3 Å². The Hall–Kier alpha value is -1.78. The Bertz CT molecular complexity index is 351. The van der Waals surface area contributed by atoms with E-state index in [0.29, 0.717) is 0 Å². The fraction of sp³-hybridized carbons (Fsp3) is 0.125. The van der Waals surface area contributed by atoms with Crippen molar-refractivity contribution in [3.8, 4) is 0 Å². The lowest BCUT2D eigenvalue weighted by molar-refractivity contribution is -0.382. The van der Waals surface area contributed by atoms with Gasteiger partial charge in [0.2, 0.25) is 0 Å². The molecule has 0 saturated heterocycles. The number of hydrogen-bond donors (Lipinski definition) is 1. The predicted octanol–water partition coefficient (Wildman–Crippen LogP) is 0.0908. The molecule has 1 rings (SSSR count). The number of benzene rings is 1. The van der Waals surface area contributed by atoms with E-state index in [1.54, 1.807) is 0 Å². The summed E-state index contributed by atoms with van der Waals surface area (Å²) in [5.74, 6) is -1.42. The van der Waals surface area contributed by atoms with Crippen molar-refractivity contribution in [1.29, 1.82) is 0 Å². The summed E-state index contributed by atoms with van der Waals surface area (Å²) < 4.78 is 17.2. The van der Waals surface area contributed by atoms with Gasteiger partial charge in [0.05, 0.1) is 12.7 Å². The van der Waals surface area contributed by atoms with Crippen LogP contribution in [0.3, 0.4) is 0 Å². The van der Waals surface area contributed by atoms with Crippen molar-refractivity contribution >= 4 is 11.7 Å². The van der Waals surface area contributed by atoms with Crippen molar-refractivity contribution in [2.45, 2.75) is 0 Å². The van der Waals surface area contributed by atoms with Gasteiger partial charge in [-0.2, -0.15) is 4.39 Å². The van der Waals surface area contributed by atoms with Gasteiger partial charge in [-0.05, 0) is 12.1 Å². The van der Waals surface area contributed by atoms with E-state index >= 15 is 0 Å². The third-order valence-electron chi connectivity index (χ3n) is 1.50. The Morgan fingerprint density at radius 3 is 2.69 bits per heavy atom. The average Bonchev–Trinajstić information content (AvgIpc) is 2.16. The van der Waals surface area contributed by atoms with Crippen molar-refractivity contribution in [1.82, 2.24) is 0 Å². The third kappa shape index (κ3) is 1.87. The van der Waals surface area contributed by atoms with Crippen molar-refractivity contribution in [3.05, 3.63) is 34.5 Å². The number of methoxy groups -OCH3 is 1. The van der Waals surface area contributed by atoms with E-state index in [4.69, 9.17) is 0 Å². The lowest BCUT2D eigenvalue weighted by atomic mass is 10.2. The first-order valence-corrected chi connectivity index (χ1v) is 3.45. The molecule has 0 aliphatic carbocycles. The fourth-order valence-corrected chi connectivity index (χ4v) is 0.843. The first-order chi connectivity index (χ1) is 6.19. The molecule has 13 heavy (non-hydrogen) atoms. The van der Waals surface area contributed by atoms with Crippen LogP contribution in [0.4, 0.5) is 10.1 Å². The predicted molar refractivity (Wildman–Crippen MR) is 41.7 cm³/mol. The van der Waals surface area contributed by atoms with Crippen LogP contribution in [0.25, 0.3) is 0 Å². The molecule has 1 N–H and O–H groups in total. The van der Waals surface area contributed by atoms with Gasteiger partial charge in [-0.15, -0.1) is 0 Å². The Morgan fingerprint density at radius 2 is 2.23 bits per heavy atom. The van der Waals surface area contributed by atoms with Crippen LogP contribution < -0.4 is 5.18 Å². The molecule has 0 aliphatic rings. The van der Waals surface area contributed by atoms with Crippen LogP contribution in [0, 0.1) is 10.7 Å². The van der Waals surface area contributed by atoms with Crippen LogP contribution in [0.15, 0.2) is 18.2 Å². The number of hydrogen-bond acceptors (Lipinski definition) is 3. The molecular formula is C8H7FNO3+. The summed E-state index contributed by atoms with van der Waals surface area (Å²) >= 11 is 0. The topological polar surface area (TPSA) is 57.3 Å². The summed E-state index contributed by atoms with van der Waals surface area (Å²) in [5, 5.41) is 1.40. The van der Waals surface area contributed by atoms with Gasteiger partial charge >= 0.3 is 5.97 Å². The minimum Gasteiger partial charge on any atom is -0.465 e. The molecule has 5 heteroatoms. The zero-order valence-electron chi connectivity index (χ0n) is 6.83. The molecule has 0 bridgehead atoms. The minimum atomic E-state index is -0.780. The number of rotatable bonds is 2. The summed E-state index contributed by atoms with van der Waals surface area (Å²) in [5.41, 5.74) is -0.133. The molecule has 1 aromatic carbocycles. The largest absolute Gasteiger partial charge is 0.465 e. The number of nitroso groups, excluding NO2 is 1. The normalized spacial score (nSPS) is 9.38. The second kappa shape index (κ2) is 3.75. The Kier molecular flexibility index (Phi) is 2.69. The highest BCUT2D eigenvalue weighted by Crippen LogP contribution is 2.11.